The number of hydrogen-bond donors (Lipinski definition) is 0. The van der Waals surface area contributed by atoms with E-state index in [1.165, 1.54) is 0 Å². The molecule has 2 nitrogen and oxygen atoms in total. The monoisotopic (exact) mass is 220 g/mol. The maximum absolute atomic E-state index is 11.3. The highest BCUT2D eigenvalue weighted by molar-refractivity contribution is 5.78. The van der Waals surface area contributed by atoms with Crippen LogP contribution in [0.4, 0.5) is 0 Å². The van der Waals surface area contributed by atoms with Crippen LogP contribution in [0.15, 0.2) is 30.3 Å². The molecule has 1 aromatic carbocycles. The highest BCUT2D eigenvalue weighted by Crippen LogP contribution is 2.02. The lowest BCUT2D eigenvalue weighted by Crippen LogP contribution is -2.04. The summed E-state index contributed by atoms with van der Waals surface area (Å²) >= 11 is 0. The maximum Gasteiger partial charge on any atom is 0.135 e. The van der Waals surface area contributed by atoms with Gasteiger partial charge >= 0.3 is 0 Å². The third kappa shape index (κ3) is 5.66. The molecular formula is C14H20O2. The summed E-state index contributed by atoms with van der Waals surface area (Å²) in [5.74, 6) is 0.315. The Kier molecular flexibility index (Phi) is 6.50. The molecule has 0 aliphatic carbocycles. The second kappa shape index (κ2) is 8.05. The zero-order valence-electron chi connectivity index (χ0n) is 9.95. The fourth-order valence-corrected chi connectivity index (χ4v) is 1.45. The van der Waals surface area contributed by atoms with Crippen molar-refractivity contribution in [3.05, 3.63) is 35.9 Å². The van der Waals surface area contributed by atoms with Crippen LogP contribution in [0, 0.1) is 0 Å². The van der Waals surface area contributed by atoms with Crippen LogP contribution in [0.25, 0.3) is 0 Å². The number of ether oxygens (including phenoxy) is 1. The van der Waals surface area contributed by atoms with Gasteiger partial charge in [-0.15, -0.1) is 0 Å². The largest absolute Gasteiger partial charge is 0.376 e. The van der Waals surface area contributed by atoms with Crippen molar-refractivity contribution in [2.45, 2.75) is 39.2 Å². The minimum Gasteiger partial charge on any atom is -0.376 e. The van der Waals surface area contributed by atoms with Crippen molar-refractivity contribution in [1.29, 1.82) is 0 Å². The molecule has 16 heavy (non-hydrogen) atoms. The first-order chi connectivity index (χ1) is 7.83. The van der Waals surface area contributed by atoms with Gasteiger partial charge in [0.1, 0.15) is 5.78 Å². The zero-order chi connectivity index (χ0) is 11.6. The molecule has 0 saturated carbocycles. The second-order valence-electron chi connectivity index (χ2n) is 3.93. The maximum atomic E-state index is 11.3. The molecule has 0 aliphatic rings. The Hall–Kier alpha value is -1.15. The SMILES string of the molecule is CCCCC(=O)CCOCc1ccccc1. The van der Waals surface area contributed by atoms with Crippen molar-refractivity contribution in [1.82, 2.24) is 0 Å². The molecule has 0 radical (unpaired) electrons. The molecule has 1 aromatic rings. The Morgan fingerprint density at radius 1 is 1.19 bits per heavy atom. The Morgan fingerprint density at radius 3 is 2.62 bits per heavy atom. The summed E-state index contributed by atoms with van der Waals surface area (Å²) in [6.07, 6.45) is 3.33. The summed E-state index contributed by atoms with van der Waals surface area (Å²) in [4.78, 5) is 11.3. The minimum atomic E-state index is 0.315. The van der Waals surface area contributed by atoms with E-state index in [4.69, 9.17) is 4.74 Å². The molecule has 0 spiro atoms. The molecule has 0 aromatic heterocycles. The standard InChI is InChI=1S/C14H20O2/c1-2-3-9-14(15)10-11-16-12-13-7-5-4-6-8-13/h4-8H,2-3,9-12H2,1H3. The number of Topliss-reactive ketones (excluding diaryl/α,β-unsaturated/α-hetero) is 1. The zero-order valence-corrected chi connectivity index (χ0v) is 9.95. The van der Waals surface area contributed by atoms with E-state index < -0.39 is 0 Å². The molecule has 2 heteroatoms. The van der Waals surface area contributed by atoms with Crippen molar-refractivity contribution in [2.75, 3.05) is 6.61 Å². The van der Waals surface area contributed by atoms with Gasteiger partial charge in [0.25, 0.3) is 0 Å². The topological polar surface area (TPSA) is 26.3 Å². The smallest absolute Gasteiger partial charge is 0.135 e. The van der Waals surface area contributed by atoms with Crippen LogP contribution in [0.2, 0.25) is 0 Å². The van der Waals surface area contributed by atoms with Gasteiger partial charge < -0.3 is 4.74 Å². The average Bonchev–Trinajstić information content (AvgIpc) is 2.33. The number of ketones is 1. The van der Waals surface area contributed by atoms with Crippen molar-refractivity contribution >= 4 is 5.78 Å². The molecule has 0 amide bonds. The molecule has 0 atom stereocenters. The average molecular weight is 220 g/mol. The molecule has 0 saturated heterocycles. The van der Waals surface area contributed by atoms with E-state index >= 15 is 0 Å². The summed E-state index contributed by atoms with van der Waals surface area (Å²) < 4.78 is 5.45. The van der Waals surface area contributed by atoms with Gasteiger partial charge in [0, 0.05) is 12.8 Å². The predicted molar refractivity (Wildman–Crippen MR) is 65.2 cm³/mol. The van der Waals surface area contributed by atoms with Crippen LogP contribution in [-0.4, -0.2) is 12.4 Å². The predicted octanol–water partition coefficient (Wildman–Crippen LogP) is 3.35. The van der Waals surface area contributed by atoms with Crippen LogP contribution < -0.4 is 0 Å². The van der Waals surface area contributed by atoms with Gasteiger partial charge in [-0.3, -0.25) is 4.79 Å². The van der Waals surface area contributed by atoms with Gasteiger partial charge in [-0.2, -0.15) is 0 Å². The minimum absolute atomic E-state index is 0.315. The molecule has 0 aliphatic heterocycles. The third-order valence-corrected chi connectivity index (χ3v) is 2.45. The van der Waals surface area contributed by atoms with Gasteiger partial charge in [-0.05, 0) is 12.0 Å². The molecule has 1 rings (SSSR count). The van der Waals surface area contributed by atoms with Gasteiger partial charge in [-0.25, -0.2) is 0 Å². The van der Waals surface area contributed by atoms with Gasteiger partial charge in [-0.1, -0.05) is 43.7 Å². The van der Waals surface area contributed by atoms with Gasteiger partial charge in [0.15, 0.2) is 0 Å². The second-order valence-corrected chi connectivity index (χ2v) is 3.93. The lowest BCUT2D eigenvalue weighted by molar-refractivity contribution is -0.120. The van der Waals surface area contributed by atoms with Gasteiger partial charge in [0.05, 0.1) is 13.2 Å². The molecule has 0 fully saturated rings. The van der Waals surface area contributed by atoms with Crippen LogP contribution in [0.5, 0.6) is 0 Å². The van der Waals surface area contributed by atoms with Crippen molar-refractivity contribution in [3.63, 3.8) is 0 Å². The number of carbonyl (C=O) groups excluding carboxylic acids is 1. The first-order valence-corrected chi connectivity index (χ1v) is 5.96. The number of carbonyl (C=O) groups is 1. The number of rotatable bonds is 8. The fourth-order valence-electron chi connectivity index (χ4n) is 1.45. The molecule has 0 unspecified atom stereocenters. The third-order valence-electron chi connectivity index (χ3n) is 2.45. The highest BCUT2D eigenvalue weighted by Gasteiger charge is 2.00. The molecule has 0 heterocycles. The normalized spacial score (nSPS) is 10.3. The Balaban J connectivity index is 2.06. The first kappa shape index (κ1) is 12.9. The van der Waals surface area contributed by atoms with E-state index in [-0.39, 0.29) is 0 Å². The summed E-state index contributed by atoms with van der Waals surface area (Å²) in [6.45, 7) is 3.23. The highest BCUT2D eigenvalue weighted by atomic mass is 16.5. The number of unbranched alkanes of at least 4 members (excludes halogenated alkanes) is 1. The van der Waals surface area contributed by atoms with Crippen LogP contribution in [0.1, 0.15) is 38.2 Å². The van der Waals surface area contributed by atoms with Crippen molar-refractivity contribution in [3.8, 4) is 0 Å². The Labute approximate surface area is 97.6 Å². The van der Waals surface area contributed by atoms with E-state index in [1.54, 1.807) is 0 Å². The Bertz CT molecular complexity index is 293. The van der Waals surface area contributed by atoms with Crippen LogP contribution >= 0.6 is 0 Å². The number of hydrogen-bond acceptors (Lipinski definition) is 2. The summed E-state index contributed by atoms with van der Waals surface area (Å²) in [6, 6.07) is 10.0. The summed E-state index contributed by atoms with van der Waals surface area (Å²) in [5, 5.41) is 0. The first-order valence-electron chi connectivity index (χ1n) is 5.96. The fraction of sp³-hybridized carbons (Fsp3) is 0.500. The number of benzene rings is 1. The van der Waals surface area contributed by atoms with Crippen LogP contribution in [-0.2, 0) is 16.1 Å². The van der Waals surface area contributed by atoms with Gasteiger partial charge in [0.2, 0.25) is 0 Å². The van der Waals surface area contributed by atoms with E-state index in [0.717, 1.165) is 18.4 Å². The summed E-state index contributed by atoms with van der Waals surface area (Å²) in [7, 11) is 0. The lowest BCUT2D eigenvalue weighted by Gasteiger charge is -2.03. The molecule has 0 N–H and O–H groups in total. The van der Waals surface area contributed by atoms with E-state index in [1.807, 2.05) is 30.3 Å². The molecular weight excluding hydrogens is 200 g/mol. The van der Waals surface area contributed by atoms with Crippen LogP contribution in [0.3, 0.4) is 0 Å². The van der Waals surface area contributed by atoms with E-state index in [0.29, 0.717) is 31.8 Å². The van der Waals surface area contributed by atoms with Crippen molar-refractivity contribution in [2.24, 2.45) is 0 Å². The molecule has 0 bridgehead atoms. The quantitative estimate of drug-likeness (QED) is 0.628. The van der Waals surface area contributed by atoms with E-state index in [2.05, 4.69) is 6.92 Å². The van der Waals surface area contributed by atoms with E-state index in [9.17, 15) is 4.79 Å². The lowest BCUT2D eigenvalue weighted by atomic mass is 10.1. The molecule has 88 valence electrons. The summed E-state index contributed by atoms with van der Waals surface area (Å²) in [5.41, 5.74) is 1.16. The Morgan fingerprint density at radius 2 is 1.94 bits per heavy atom. The van der Waals surface area contributed by atoms with Crippen molar-refractivity contribution < 1.29 is 9.53 Å².